The summed E-state index contributed by atoms with van der Waals surface area (Å²) in [6, 6.07) is 7.83. The molecule has 4 heteroatoms. The Bertz CT molecular complexity index is 509. The summed E-state index contributed by atoms with van der Waals surface area (Å²) >= 11 is 0. The van der Waals surface area contributed by atoms with E-state index in [9.17, 15) is 4.79 Å². The maximum atomic E-state index is 12.4. The molecule has 24 heavy (non-hydrogen) atoms. The first-order valence-corrected chi connectivity index (χ1v) is 9.39. The van der Waals surface area contributed by atoms with Crippen LogP contribution in [-0.4, -0.2) is 48.9 Å². The minimum Gasteiger partial charge on any atom is -0.399 e. The average molecular weight is 332 g/mol. The molecule has 0 bridgehead atoms. The molecule has 1 aromatic rings. The molecule has 0 atom stereocenters. The van der Waals surface area contributed by atoms with E-state index in [2.05, 4.69) is 18.9 Å². The lowest BCUT2D eigenvalue weighted by Gasteiger charge is -2.34. The zero-order chi connectivity index (χ0) is 17.4. The van der Waals surface area contributed by atoms with Crippen LogP contribution in [0.1, 0.15) is 44.6 Å². The first-order chi connectivity index (χ1) is 11.6. The van der Waals surface area contributed by atoms with Crippen molar-refractivity contribution < 1.29 is 4.79 Å². The Kier molecular flexibility index (Phi) is 7.57. The summed E-state index contributed by atoms with van der Waals surface area (Å²) in [5.41, 5.74) is 7.83. The number of carbonyl (C=O) groups is 1. The van der Waals surface area contributed by atoms with Crippen molar-refractivity contribution in [1.82, 2.24) is 9.80 Å². The topological polar surface area (TPSA) is 49.6 Å². The summed E-state index contributed by atoms with van der Waals surface area (Å²) in [6.45, 7) is 6.42. The fraction of sp³-hybridized carbons (Fsp3) is 0.650. The number of likely N-dealkylation sites (tertiary alicyclic amines) is 1. The van der Waals surface area contributed by atoms with Crippen LogP contribution in [0, 0.1) is 5.92 Å². The second-order valence-corrected chi connectivity index (χ2v) is 7.14. The van der Waals surface area contributed by atoms with Crippen LogP contribution in [-0.2, 0) is 11.2 Å². The van der Waals surface area contributed by atoms with Gasteiger partial charge in [-0.2, -0.15) is 0 Å². The van der Waals surface area contributed by atoms with E-state index < -0.39 is 0 Å². The summed E-state index contributed by atoms with van der Waals surface area (Å²) in [5.74, 6) is 1.01. The van der Waals surface area contributed by atoms with Crippen LogP contribution < -0.4 is 5.73 Å². The molecule has 0 unspecified atom stereocenters. The molecule has 1 aromatic carbocycles. The van der Waals surface area contributed by atoms with Gasteiger partial charge >= 0.3 is 0 Å². The van der Waals surface area contributed by atoms with Crippen LogP contribution >= 0.6 is 0 Å². The standard InChI is InChI=1S/C20H33N3O/c1-3-4-13-22(2)16-17-11-14-23(15-12-17)20(24)10-9-18-7-5-6-8-19(18)21/h5-8,17H,3-4,9-16,21H2,1-2H3. The Morgan fingerprint density at radius 3 is 2.67 bits per heavy atom. The van der Waals surface area contributed by atoms with E-state index in [4.69, 9.17) is 5.73 Å². The largest absolute Gasteiger partial charge is 0.399 e. The molecule has 0 radical (unpaired) electrons. The average Bonchev–Trinajstić information content (AvgIpc) is 2.59. The van der Waals surface area contributed by atoms with Gasteiger partial charge in [-0.3, -0.25) is 4.79 Å². The van der Waals surface area contributed by atoms with Crippen molar-refractivity contribution in [2.75, 3.05) is 39.0 Å². The molecular formula is C20H33N3O. The maximum Gasteiger partial charge on any atom is 0.222 e. The Morgan fingerprint density at radius 1 is 1.29 bits per heavy atom. The summed E-state index contributed by atoms with van der Waals surface area (Å²) < 4.78 is 0. The molecule has 1 heterocycles. The molecule has 1 amide bonds. The van der Waals surface area contributed by atoms with Gasteiger partial charge in [-0.05, 0) is 56.8 Å². The molecule has 0 aliphatic carbocycles. The lowest BCUT2D eigenvalue weighted by atomic mass is 9.95. The number of nitrogens with zero attached hydrogens (tertiary/aromatic N) is 2. The number of benzene rings is 1. The third-order valence-corrected chi connectivity index (χ3v) is 5.09. The van der Waals surface area contributed by atoms with Crippen LogP contribution in [0.25, 0.3) is 0 Å². The van der Waals surface area contributed by atoms with Crippen LogP contribution in [0.15, 0.2) is 24.3 Å². The number of hydrogen-bond acceptors (Lipinski definition) is 3. The molecule has 0 saturated carbocycles. The highest BCUT2D eigenvalue weighted by atomic mass is 16.2. The van der Waals surface area contributed by atoms with Crippen molar-refractivity contribution in [3.8, 4) is 0 Å². The van der Waals surface area contributed by atoms with Crippen LogP contribution in [0.3, 0.4) is 0 Å². The van der Waals surface area contributed by atoms with Crippen molar-refractivity contribution in [2.45, 2.75) is 45.4 Å². The van der Waals surface area contributed by atoms with Crippen LogP contribution in [0.5, 0.6) is 0 Å². The molecule has 2 rings (SSSR count). The van der Waals surface area contributed by atoms with Gasteiger partial charge in [-0.15, -0.1) is 0 Å². The molecule has 1 aliphatic heterocycles. The summed E-state index contributed by atoms with van der Waals surface area (Å²) in [4.78, 5) is 16.9. The number of unbranched alkanes of at least 4 members (excludes halogenated alkanes) is 1. The highest BCUT2D eigenvalue weighted by Crippen LogP contribution is 2.20. The predicted molar refractivity (Wildman–Crippen MR) is 101 cm³/mol. The number of rotatable bonds is 8. The number of nitrogen functional groups attached to an aromatic ring is 1. The number of carbonyl (C=O) groups excluding carboxylic acids is 1. The smallest absolute Gasteiger partial charge is 0.222 e. The quantitative estimate of drug-likeness (QED) is 0.744. The normalized spacial score (nSPS) is 15.9. The zero-order valence-electron chi connectivity index (χ0n) is 15.3. The number of piperidine rings is 1. The SMILES string of the molecule is CCCCN(C)CC1CCN(C(=O)CCc2ccccc2N)CC1. The zero-order valence-corrected chi connectivity index (χ0v) is 15.3. The van der Waals surface area contributed by atoms with E-state index in [0.717, 1.165) is 49.5 Å². The van der Waals surface area contributed by atoms with Crippen molar-refractivity contribution in [2.24, 2.45) is 5.92 Å². The Hall–Kier alpha value is -1.55. The predicted octanol–water partition coefficient (Wildman–Crippen LogP) is 3.17. The summed E-state index contributed by atoms with van der Waals surface area (Å²) in [6.07, 6.45) is 6.10. The van der Waals surface area contributed by atoms with E-state index >= 15 is 0 Å². The molecule has 2 N–H and O–H groups in total. The number of hydrogen-bond donors (Lipinski definition) is 1. The highest BCUT2D eigenvalue weighted by Gasteiger charge is 2.23. The lowest BCUT2D eigenvalue weighted by molar-refractivity contribution is -0.132. The Balaban J connectivity index is 1.70. The van der Waals surface area contributed by atoms with Gasteiger partial charge < -0.3 is 15.5 Å². The second-order valence-electron chi connectivity index (χ2n) is 7.14. The number of nitrogens with two attached hydrogens (primary N) is 1. The first-order valence-electron chi connectivity index (χ1n) is 9.39. The molecule has 1 aliphatic rings. The van der Waals surface area contributed by atoms with Crippen molar-refractivity contribution in [1.29, 1.82) is 0 Å². The van der Waals surface area contributed by atoms with Crippen molar-refractivity contribution >= 4 is 11.6 Å². The maximum absolute atomic E-state index is 12.4. The van der Waals surface area contributed by atoms with E-state index in [1.807, 2.05) is 29.2 Å². The minimum atomic E-state index is 0.274. The van der Waals surface area contributed by atoms with Crippen LogP contribution in [0.4, 0.5) is 5.69 Å². The molecule has 0 aromatic heterocycles. The van der Waals surface area contributed by atoms with Gasteiger partial charge in [0.15, 0.2) is 0 Å². The molecule has 1 fully saturated rings. The monoisotopic (exact) mass is 331 g/mol. The second kappa shape index (κ2) is 9.67. The van der Waals surface area contributed by atoms with Gasteiger partial charge in [-0.25, -0.2) is 0 Å². The fourth-order valence-electron chi connectivity index (χ4n) is 3.49. The van der Waals surface area contributed by atoms with Gasteiger partial charge in [0.1, 0.15) is 0 Å². The van der Waals surface area contributed by atoms with Gasteiger partial charge in [0.2, 0.25) is 5.91 Å². The molecule has 1 saturated heterocycles. The molecular weight excluding hydrogens is 298 g/mol. The minimum absolute atomic E-state index is 0.274. The third-order valence-electron chi connectivity index (χ3n) is 5.09. The third kappa shape index (κ3) is 5.82. The van der Waals surface area contributed by atoms with Gasteiger partial charge in [0.05, 0.1) is 0 Å². The van der Waals surface area contributed by atoms with E-state index in [0.29, 0.717) is 6.42 Å². The van der Waals surface area contributed by atoms with Crippen molar-refractivity contribution in [3.05, 3.63) is 29.8 Å². The number of aryl methyl sites for hydroxylation is 1. The van der Waals surface area contributed by atoms with Gasteiger partial charge in [-0.1, -0.05) is 31.5 Å². The molecule has 0 spiro atoms. The molecule has 4 nitrogen and oxygen atoms in total. The summed E-state index contributed by atoms with van der Waals surface area (Å²) in [7, 11) is 2.22. The Morgan fingerprint density at radius 2 is 2.00 bits per heavy atom. The van der Waals surface area contributed by atoms with Crippen LogP contribution in [0.2, 0.25) is 0 Å². The number of para-hydroxylation sites is 1. The molecule has 134 valence electrons. The fourth-order valence-corrected chi connectivity index (χ4v) is 3.49. The van der Waals surface area contributed by atoms with E-state index in [1.54, 1.807) is 0 Å². The summed E-state index contributed by atoms with van der Waals surface area (Å²) in [5, 5.41) is 0. The number of anilines is 1. The van der Waals surface area contributed by atoms with Crippen molar-refractivity contribution in [3.63, 3.8) is 0 Å². The van der Waals surface area contributed by atoms with E-state index in [-0.39, 0.29) is 5.91 Å². The Labute approximate surface area is 147 Å². The van der Waals surface area contributed by atoms with Gasteiger partial charge in [0, 0.05) is 31.7 Å². The highest BCUT2D eigenvalue weighted by molar-refractivity contribution is 5.76. The first kappa shape index (κ1) is 18.8. The van der Waals surface area contributed by atoms with E-state index in [1.165, 1.54) is 25.9 Å². The number of amides is 1. The van der Waals surface area contributed by atoms with Gasteiger partial charge in [0.25, 0.3) is 0 Å². The lowest BCUT2D eigenvalue weighted by Crippen LogP contribution is -2.41.